The van der Waals surface area contributed by atoms with Crippen molar-refractivity contribution >= 4 is 23.6 Å². The smallest absolute Gasteiger partial charge is 0.325 e. The van der Waals surface area contributed by atoms with E-state index in [9.17, 15) is 9.59 Å². The van der Waals surface area contributed by atoms with Gasteiger partial charge in [-0.1, -0.05) is 5.16 Å². The second-order valence-electron chi connectivity index (χ2n) is 4.79. The predicted octanol–water partition coefficient (Wildman–Crippen LogP) is 1.92. The lowest BCUT2D eigenvalue weighted by molar-refractivity contribution is -0.141. The minimum absolute atomic E-state index is 0.0810. The minimum atomic E-state index is -0.456. The maximum atomic E-state index is 12.2. The summed E-state index contributed by atoms with van der Waals surface area (Å²) in [7, 11) is 2.84. The summed E-state index contributed by atoms with van der Waals surface area (Å²) < 4.78 is 9.59. The molecule has 0 spiro atoms. The highest BCUT2D eigenvalue weighted by molar-refractivity contribution is 7.98. The quantitative estimate of drug-likeness (QED) is 0.589. The summed E-state index contributed by atoms with van der Waals surface area (Å²) in [6.45, 7) is 1.69. The standard InChI is InChI=1S/C15H17N3O4S/c1-10-16-13(22-17-10)9-23-12-6-4-11(5-7-12)15(20)18(2)8-14(19)21-3/h4-7H,8-9H2,1-3H3. The summed E-state index contributed by atoms with van der Waals surface area (Å²) in [6, 6.07) is 7.12. The van der Waals surface area contributed by atoms with E-state index in [1.165, 1.54) is 23.8 Å². The second-order valence-corrected chi connectivity index (χ2v) is 5.83. The van der Waals surface area contributed by atoms with E-state index in [1.54, 1.807) is 26.1 Å². The summed E-state index contributed by atoms with van der Waals surface area (Å²) in [5.41, 5.74) is 0.509. The first kappa shape index (κ1) is 17.0. The van der Waals surface area contributed by atoms with Gasteiger partial charge in [-0.25, -0.2) is 0 Å². The monoisotopic (exact) mass is 335 g/mol. The van der Waals surface area contributed by atoms with Crippen molar-refractivity contribution < 1.29 is 18.8 Å². The molecule has 2 rings (SSSR count). The molecule has 7 nitrogen and oxygen atoms in total. The molecule has 1 aromatic carbocycles. The summed E-state index contributed by atoms with van der Waals surface area (Å²) in [4.78, 5) is 29.8. The number of methoxy groups -OCH3 is 1. The van der Waals surface area contributed by atoms with Crippen molar-refractivity contribution in [1.82, 2.24) is 15.0 Å². The summed E-state index contributed by atoms with van der Waals surface area (Å²) in [5.74, 6) is 1.04. The molecule has 0 radical (unpaired) electrons. The highest BCUT2D eigenvalue weighted by Crippen LogP contribution is 2.22. The van der Waals surface area contributed by atoms with Gasteiger partial charge in [0.15, 0.2) is 5.82 Å². The van der Waals surface area contributed by atoms with Crippen LogP contribution in [0, 0.1) is 6.92 Å². The van der Waals surface area contributed by atoms with Crippen molar-refractivity contribution in [2.24, 2.45) is 0 Å². The SMILES string of the molecule is COC(=O)CN(C)C(=O)c1ccc(SCc2nc(C)no2)cc1. The molecular weight excluding hydrogens is 318 g/mol. The topological polar surface area (TPSA) is 85.5 Å². The number of amides is 1. The fourth-order valence-corrected chi connectivity index (χ4v) is 2.52. The van der Waals surface area contributed by atoms with Crippen LogP contribution in [0.1, 0.15) is 22.1 Å². The van der Waals surface area contributed by atoms with Crippen LogP contribution >= 0.6 is 11.8 Å². The van der Waals surface area contributed by atoms with Gasteiger partial charge in [-0.05, 0) is 31.2 Å². The molecule has 0 bridgehead atoms. The molecule has 0 saturated heterocycles. The molecule has 0 unspecified atom stereocenters. The third-order valence-corrected chi connectivity index (χ3v) is 3.97. The molecule has 2 aromatic rings. The molecule has 1 amide bonds. The fourth-order valence-electron chi connectivity index (χ4n) is 1.79. The van der Waals surface area contributed by atoms with Crippen LogP contribution in [0.2, 0.25) is 0 Å². The number of benzene rings is 1. The van der Waals surface area contributed by atoms with Crippen LogP contribution in [0.5, 0.6) is 0 Å². The van der Waals surface area contributed by atoms with E-state index < -0.39 is 5.97 Å². The van der Waals surface area contributed by atoms with Gasteiger partial charge in [-0.3, -0.25) is 9.59 Å². The number of ether oxygens (including phenoxy) is 1. The third-order valence-electron chi connectivity index (χ3n) is 2.97. The lowest BCUT2D eigenvalue weighted by Gasteiger charge is -2.15. The fraction of sp³-hybridized carbons (Fsp3) is 0.333. The van der Waals surface area contributed by atoms with E-state index in [0.717, 1.165) is 4.90 Å². The maximum absolute atomic E-state index is 12.2. The van der Waals surface area contributed by atoms with Crippen LogP contribution in [0.4, 0.5) is 0 Å². The molecule has 0 saturated carbocycles. The van der Waals surface area contributed by atoms with Gasteiger partial charge in [-0.2, -0.15) is 4.98 Å². The van der Waals surface area contributed by atoms with Crippen molar-refractivity contribution in [2.45, 2.75) is 17.6 Å². The largest absolute Gasteiger partial charge is 0.468 e. The Balaban J connectivity index is 1.93. The number of esters is 1. The Morgan fingerprint density at radius 2 is 2.00 bits per heavy atom. The van der Waals surface area contributed by atoms with E-state index in [2.05, 4.69) is 14.9 Å². The Morgan fingerprint density at radius 1 is 1.30 bits per heavy atom. The minimum Gasteiger partial charge on any atom is -0.468 e. The van der Waals surface area contributed by atoms with Crippen LogP contribution < -0.4 is 0 Å². The van der Waals surface area contributed by atoms with E-state index in [4.69, 9.17) is 4.52 Å². The van der Waals surface area contributed by atoms with Crippen molar-refractivity contribution in [3.63, 3.8) is 0 Å². The summed E-state index contributed by atoms with van der Waals surface area (Å²) in [5, 5.41) is 3.73. The lowest BCUT2D eigenvalue weighted by atomic mass is 10.2. The van der Waals surface area contributed by atoms with Crippen LogP contribution in [0.3, 0.4) is 0 Å². The number of hydrogen-bond acceptors (Lipinski definition) is 7. The molecule has 23 heavy (non-hydrogen) atoms. The lowest BCUT2D eigenvalue weighted by Crippen LogP contribution is -2.32. The van der Waals surface area contributed by atoms with Crippen molar-refractivity contribution in [3.8, 4) is 0 Å². The molecule has 1 aromatic heterocycles. The van der Waals surface area contributed by atoms with E-state index in [1.807, 2.05) is 12.1 Å². The van der Waals surface area contributed by atoms with Crippen LogP contribution in [-0.2, 0) is 15.3 Å². The Hall–Kier alpha value is -2.35. The second kappa shape index (κ2) is 7.77. The van der Waals surface area contributed by atoms with Gasteiger partial charge in [-0.15, -0.1) is 11.8 Å². The molecule has 0 atom stereocenters. The number of nitrogens with zero attached hydrogens (tertiary/aromatic N) is 3. The molecule has 0 fully saturated rings. The number of likely N-dealkylation sites (N-methyl/N-ethyl adjacent to an activating group) is 1. The van der Waals surface area contributed by atoms with Gasteiger partial charge in [0.05, 0.1) is 12.9 Å². The predicted molar refractivity (Wildman–Crippen MR) is 84.0 cm³/mol. The zero-order valence-electron chi connectivity index (χ0n) is 13.1. The molecule has 8 heteroatoms. The van der Waals surface area contributed by atoms with Crippen LogP contribution in [-0.4, -0.2) is 47.6 Å². The molecule has 122 valence electrons. The molecular formula is C15H17N3O4S. The number of aromatic nitrogens is 2. The van der Waals surface area contributed by atoms with Gasteiger partial charge >= 0.3 is 5.97 Å². The van der Waals surface area contributed by atoms with E-state index in [0.29, 0.717) is 23.0 Å². The number of aryl methyl sites for hydroxylation is 1. The zero-order valence-corrected chi connectivity index (χ0v) is 13.9. The number of thioether (sulfide) groups is 1. The van der Waals surface area contributed by atoms with Crippen LogP contribution in [0.25, 0.3) is 0 Å². The Kier molecular flexibility index (Phi) is 5.75. The Labute approximate surface area is 138 Å². The van der Waals surface area contributed by atoms with Crippen molar-refractivity contribution in [2.75, 3.05) is 20.7 Å². The summed E-state index contributed by atoms with van der Waals surface area (Å²) >= 11 is 1.53. The zero-order chi connectivity index (χ0) is 16.8. The number of rotatable bonds is 6. The van der Waals surface area contributed by atoms with Gasteiger partial charge in [0.1, 0.15) is 6.54 Å². The normalized spacial score (nSPS) is 10.4. The maximum Gasteiger partial charge on any atom is 0.325 e. The third kappa shape index (κ3) is 4.82. The molecule has 0 aliphatic carbocycles. The average molecular weight is 335 g/mol. The van der Waals surface area contributed by atoms with Gasteiger partial charge in [0.2, 0.25) is 5.89 Å². The Bertz CT molecular complexity index is 684. The number of carbonyl (C=O) groups is 2. The van der Waals surface area contributed by atoms with E-state index in [-0.39, 0.29) is 12.5 Å². The summed E-state index contributed by atoms with van der Waals surface area (Å²) in [6.07, 6.45) is 0. The van der Waals surface area contributed by atoms with Gasteiger partial charge < -0.3 is 14.2 Å². The first-order chi connectivity index (χ1) is 11.0. The van der Waals surface area contributed by atoms with Crippen molar-refractivity contribution in [3.05, 3.63) is 41.5 Å². The molecule has 0 N–H and O–H groups in total. The Morgan fingerprint density at radius 3 is 2.57 bits per heavy atom. The van der Waals surface area contributed by atoms with Crippen LogP contribution in [0.15, 0.2) is 33.7 Å². The first-order valence-electron chi connectivity index (χ1n) is 6.84. The average Bonchev–Trinajstić information content (AvgIpc) is 2.98. The highest BCUT2D eigenvalue weighted by Gasteiger charge is 2.15. The molecule has 0 aliphatic rings. The first-order valence-corrected chi connectivity index (χ1v) is 7.82. The molecule has 0 aliphatic heterocycles. The van der Waals surface area contributed by atoms with Gasteiger partial charge in [0.25, 0.3) is 5.91 Å². The highest BCUT2D eigenvalue weighted by atomic mass is 32.2. The number of hydrogen-bond donors (Lipinski definition) is 0. The van der Waals surface area contributed by atoms with Crippen molar-refractivity contribution in [1.29, 1.82) is 0 Å². The van der Waals surface area contributed by atoms with Gasteiger partial charge in [0, 0.05) is 17.5 Å². The number of carbonyl (C=O) groups excluding carboxylic acids is 2. The van der Waals surface area contributed by atoms with E-state index >= 15 is 0 Å². The molecule has 1 heterocycles.